The lowest BCUT2D eigenvalue weighted by Gasteiger charge is -2.12. The van der Waals surface area contributed by atoms with E-state index in [0.29, 0.717) is 12.2 Å². The van der Waals surface area contributed by atoms with Crippen LogP contribution in [0.3, 0.4) is 0 Å². The van der Waals surface area contributed by atoms with Gasteiger partial charge in [0.05, 0.1) is 5.56 Å². The van der Waals surface area contributed by atoms with E-state index in [4.69, 9.17) is 0 Å². The lowest BCUT2D eigenvalue weighted by molar-refractivity contribution is 0.0839. The van der Waals surface area contributed by atoms with Crippen molar-refractivity contribution < 1.29 is 14.0 Å². The zero-order valence-electron chi connectivity index (χ0n) is 15.4. The Morgan fingerprint density at radius 3 is 2.24 bits per heavy atom. The first-order chi connectivity index (χ1) is 14.1. The van der Waals surface area contributed by atoms with Gasteiger partial charge in [0.15, 0.2) is 0 Å². The molecule has 1 aromatic heterocycles. The highest BCUT2D eigenvalue weighted by Crippen LogP contribution is 2.21. The Labute approximate surface area is 166 Å². The van der Waals surface area contributed by atoms with Crippen LogP contribution in [-0.4, -0.2) is 16.4 Å². The predicted molar refractivity (Wildman–Crippen MR) is 109 cm³/mol. The molecule has 29 heavy (non-hydrogen) atoms. The number of amides is 2. The summed E-state index contributed by atoms with van der Waals surface area (Å²) >= 11 is 0. The van der Waals surface area contributed by atoms with Crippen molar-refractivity contribution in [3.05, 3.63) is 108 Å². The first-order valence-corrected chi connectivity index (χ1v) is 9.11. The molecule has 0 saturated heterocycles. The Bertz CT molecular complexity index is 1190. The number of hydrogen-bond donors (Lipinski definition) is 2. The van der Waals surface area contributed by atoms with Gasteiger partial charge in [0.2, 0.25) is 0 Å². The average molecular weight is 387 g/mol. The molecule has 4 aromatic rings. The Morgan fingerprint density at radius 2 is 1.45 bits per heavy atom. The van der Waals surface area contributed by atoms with E-state index in [0.717, 1.165) is 16.5 Å². The number of nitrogens with one attached hydrogen (secondary N) is 2. The van der Waals surface area contributed by atoms with Crippen LogP contribution >= 0.6 is 0 Å². The third kappa shape index (κ3) is 3.87. The molecule has 2 amide bonds. The molecule has 2 N–H and O–H groups in total. The minimum Gasteiger partial charge on any atom is -0.332 e. The van der Waals surface area contributed by atoms with E-state index in [2.05, 4.69) is 10.9 Å². The van der Waals surface area contributed by atoms with E-state index in [-0.39, 0.29) is 5.56 Å². The van der Waals surface area contributed by atoms with E-state index in [1.54, 1.807) is 12.1 Å². The molecule has 0 bridgehead atoms. The van der Waals surface area contributed by atoms with Crippen LogP contribution in [0.25, 0.3) is 10.9 Å². The minimum atomic E-state index is -0.720. The maximum atomic E-state index is 13.8. The van der Waals surface area contributed by atoms with Crippen LogP contribution in [-0.2, 0) is 6.54 Å². The van der Waals surface area contributed by atoms with Crippen molar-refractivity contribution in [3.63, 3.8) is 0 Å². The zero-order chi connectivity index (χ0) is 20.2. The first-order valence-electron chi connectivity index (χ1n) is 9.11. The third-order valence-corrected chi connectivity index (χ3v) is 4.63. The Hall–Kier alpha value is -3.93. The molecule has 3 aromatic carbocycles. The van der Waals surface area contributed by atoms with E-state index >= 15 is 0 Å². The van der Waals surface area contributed by atoms with Crippen LogP contribution in [0, 0.1) is 5.82 Å². The number of carbonyl (C=O) groups is 2. The van der Waals surface area contributed by atoms with Crippen LogP contribution in [0.1, 0.15) is 26.4 Å². The summed E-state index contributed by atoms with van der Waals surface area (Å²) in [6.07, 6.45) is 0. The second-order valence-electron chi connectivity index (χ2n) is 6.55. The molecule has 1 heterocycles. The molecule has 0 atom stereocenters. The van der Waals surface area contributed by atoms with Gasteiger partial charge in [-0.2, -0.15) is 0 Å². The number of benzene rings is 3. The van der Waals surface area contributed by atoms with Crippen LogP contribution in [0.5, 0.6) is 0 Å². The number of para-hydroxylation sites is 1. The molecule has 144 valence electrons. The van der Waals surface area contributed by atoms with Crippen molar-refractivity contribution in [2.45, 2.75) is 6.54 Å². The number of halogens is 1. The molecule has 6 heteroatoms. The molecule has 4 rings (SSSR count). The van der Waals surface area contributed by atoms with E-state index < -0.39 is 17.6 Å². The fourth-order valence-corrected chi connectivity index (χ4v) is 3.23. The molecule has 0 saturated carbocycles. The molecule has 0 fully saturated rings. The summed E-state index contributed by atoms with van der Waals surface area (Å²) in [5, 5.41) is 0.911. The Balaban J connectivity index is 1.59. The molecular formula is C23H18FN3O2. The number of aromatic nitrogens is 1. The largest absolute Gasteiger partial charge is 0.332 e. The van der Waals surface area contributed by atoms with Crippen molar-refractivity contribution in [2.75, 3.05) is 0 Å². The third-order valence-electron chi connectivity index (χ3n) is 4.63. The second kappa shape index (κ2) is 7.98. The van der Waals surface area contributed by atoms with Crippen LogP contribution < -0.4 is 10.9 Å². The summed E-state index contributed by atoms with van der Waals surface area (Å²) in [6, 6.07) is 24.8. The topological polar surface area (TPSA) is 63.1 Å². The standard InChI is InChI=1S/C23H18FN3O2/c24-19-12-6-5-11-18(19)22(28)25-26-23(29)21-14-17-10-4-7-13-20(17)27(21)15-16-8-2-1-3-9-16/h1-14H,15H2,(H,25,28)(H,26,29). The number of nitrogens with zero attached hydrogens (tertiary/aromatic N) is 1. The fourth-order valence-electron chi connectivity index (χ4n) is 3.23. The van der Waals surface area contributed by atoms with Gasteiger partial charge in [0.1, 0.15) is 11.5 Å². The number of hydrogen-bond acceptors (Lipinski definition) is 2. The van der Waals surface area contributed by atoms with E-state index in [1.807, 2.05) is 59.2 Å². The molecule has 0 aliphatic rings. The van der Waals surface area contributed by atoms with Gasteiger partial charge < -0.3 is 4.57 Å². The molecular weight excluding hydrogens is 369 g/mol. The van der Waals surface area contributed by atoms with Gasteiger partial charge in [-0.05, 0) is 29.8 Å². The van der Waals surface area contributed by atoms with Crippen molar-refractivity contribution >= 4 is 22.7 Å². The van der Waals surface area contributed by atoms with Crippen molar-refractivity contribution in [1.29, 1.82) is 0 Å². The van der Waals surface area contributed by atoms with Gasteiger partial charge >= 0.3 is 0 Å². The Kier molecular flexibility index (Phi) is 5.07. The summed E-state index contributed by atoms with van der Waals surface area (Å²) < 4.78 is 15.6. The number of fused-ring (bicyclic) bond motifs is 1. The number of rotatable bonds is 4. The smallest absolute Gasteiger partial charge is 0.286 e. The summed E-state index contributed by atoms with van der Waals surface area (Å²) in [4.78, 5) is 25.0. The van der Waals surface area contributed by atoms with Crippen LogP contribution in [0.4, 0.5) is 4.39 Å². The maximum absolute atomic E-state index is 13.8. The molecule has 0 aliphatic carbocycles. The van der Waals surface area contributed by atoms with Crippen molar-refractivity contribution in [2.24, 2.45) is 0 Å². The molecule has 0 spiro atoms. The highest BCUT2D eigenvalue weighted by Gasteiger charge is 2.17. The monoisotopic (exact) mass is 387 g/mol. The molecule has 0 aliphatic heterocycles. The normalized spacial score (nSPS) is 10.7. The predicted octanol–water partition coefficient (Wildman–Crippen LogP) is 3.90. The SMILES string of the molecule is O=C(NNC(=O)c1cc2ccccc2n1Cc1ccccc1)c1ccccc1F. The number of hydrazine groups is 1. The van der Waals surface area contributed by atoms with E-state index in [9.17, 15) is 14.0 Å². The second-order valence-corrected chi connectivity index (χ2v) is 6.55. The summed E-state index contributed by atoms with van der Waals surface area (Å²) in [7, 11) is 0. The van der Waals surface area contributed by atoms with Gasteiger partial charge in [-0.3, -0.25) is 20.4 Å². The van der Waals surface area contributed by atoms with Gasteiger partial charge in [-0.15, -0.1) is 0 Å². The summed E-state index contributed by atoms with van der Waals surface area (Å²) in [5.41, 5.74) is 6.86. The van der Waals surface area contributed by atoms with Crippen LogP contribution in [0.2, 0.25) is 0 Å². The van der Waals surface area contributed by atoms with Crippen molar-refractivity contribution in [3.8, 4) is 0 Å². The first kappa shape index (κ1) is 18.4. The summed E-state index contributed by atoms with van der Waals surface area (Å²) in [5.74, 6) is -1.86. The van der Waals surface area contributed by atoms with Gasteiger partial charge in [0, 0.05) is 17.4 Å². The van der Waals surface area contributed by atoms with Gasteiger partial charge in [0.25, 0.3) is 11.8 Å². The highest BCUT2D eigenvalue weighted by atomic mass is 19.1. The maximum Gasteiger partial charge on any atom is 0.286 e. The average Bonchev–Trinajstić information content (AvgIpc) is 3.11. The lowest BCUT2D eigenvalue weighted by atomic mass is 10.2. The van der Waals surface area contributed by atoms with E-state index in [1.165, 1.54) is 18.2 Å². The lowest BCUT2D eigenvalue weighted by Crippen LogP contribution is -2.42. The fraction of sp³-hybridized carbons (Fsp3) is 0.0435. The number of carbonyl (C=O) groups excluding carboxylic acids is 2. The minimum absolute atomic E-state index is 0.141. The molecule has 5 nitrogen and oxygen atoms in total. The molecule has 0 radical (unpaired) electrons. The zero-order valence-corrected chi connectivity index (χ0v) is 15.4. The van der Waals surface area contributed by atoms with Crippen molar-refractivity contribution in [1.82, 2.24) is 15.4 Å². The quantitative estimate of drug-likeness (QED) is 0.522. The molecule has 0 unspecified atom stereocenters. The van der Waals surface area contributed by atoms with Gasteiger partial charge in [-0.1, -0.05) is 60.7 Å². The van der Waals surface area contributed by atoms with Gasteiger partial charge in [-0.25, -0.2) is 4.39 Å². The van der Waals surface area contributed by atoms with Crippen LogP contribution in [0.15, 0.2) is 84.9 Å². The summed E-state index contributed by atoms with van der Waals surface area (Å²) in [6.45, 7) is 0.498. The highest BCUT2D eigenvalue weighted by molar-refractivity contribution is 6.01. The Morgan fingerprint density at radius 1 is 0.793 bits per heavy atom.